The van der Waals surface area contributed by atoms with Gasteiger partial charge in [-0.1, -0.05) is 31.2 Å². The fourth-order valence-electron chi connectivity index (χ4n) is 2.95. The van der Waals surface area contributed by atoms with E-state index in [-0.39, 0.29) is 12.2 Å². The van der Waals surface area contributed by atoms with E-state index in [0.29, 0.717) is 11.8 Å². The van der Waals surface area contributed by atoms with Crippen molar-refractivity contribution in [1.82, 2.24) is 0 Å². The van der Waals surface area contributed by atoms with Crippen molar-refractivity contribution in [3.05, 3.63) is 35.4 Å². The third kappa shape index (κ3) is 2.24. The van der Waals surface area contributed by atoms with Crippen LogP contribution < -0.4 is 0 Å². The lowest BCUT2D eigenvalue weighted by Crippen LogP contribution is -2.22. The summed E-state index contributed by atoms with van der Waals surface area (Å²) in [6, 6.07) is 8.46. The van der Waals surface area contributed by atoms with Gasteiger partial charge in [0.15, 0.2) is 0 Å². The lowest BCUT2D eigenvalue weighted by atomic mass is 9.93. The van der Waals surface area contributed by atoms with E-state index >= 15 is 0 Å². The summed E-state index contributed by atoms with van der Waals surface area (Å²) in [6.45, 7) is 3.00. The van der Waals surface area contributed by atoms with E-state index in [0.717, 1.165) is 19.4 Å². The van der Waals surface area contributed by atoms with Crippen molar-refractivity contribution < 1.29 is 9.84 Å². The van der Waals surface area contributed by atoms with Crippen LogP contribution in [-0.4, -0.2) is 17.8 Å². The van der Waals surface area contributed by atoms with Gasteiger partial charge in [-0.2, -0.15) is 0 Å². The van der Waals surface area contributed by atoms with Crippen molar-refractivity contribution in [2.24, 2.45) is 11.8 Å². The molecule has 3 rings (SSSR count). The summed E-state index contributed by atoms with van der Waals surface area (Å²) < 4.78 is 5.83. The minimum Gasteiger partial charge on any atom is -0.393 e. The zero-order valence-corrected chi connectivity index (χ0v) is 10.3. The van der Waals surface area contributed by atoms with Gasteiger partial charge in [-0.05, 0) is 35.8 Å². The van der Waals surface area contributed by atoms with Crippen LogP contribution in [0.4, 0.5) is 0 Å². The van der Waals surface area contributed by atoms with Crippen LogP contribution in [0.3, 0.4) is 0 Å². The zero-order valence-electron chi connectivity index (χ0n) is 10.3. The van der Waals surface area contributed by atoms with Gasteiger partial charge in [0.2, 0.25) is 0 Å². The molecule has 1 heterocycles. The van der Waals surface area contributed by atoms with E-state index in [1.807, 2.05) is 0 Å². The van der Waals surface area contributed by atoms with Crippen molar-refractivity contribution in [3.8, 4) is 0 Å². The van der Waals surface area contributed by atoms with Crippen LogP contribution in [0.15, 0.2) is 24.3 Å². The van der Waals surface area contributed by atoms with Gasteiger partial charge in [-0.15, -0.1) is 0 Å². The van der Waals surface area contributed by atoms with Crippen molar-refractivity contribution >= 4 is 0 Å². The lowest BCUT2D eigenvalue weighted by Gasteiger charge is -2.27. The maximum absolute atomic E-state index is 10.2. The maximum Gasteiger partial charge on any atom is 0.0852 e. The Bertz CT molecular complexity index is 402. The molecule has 2 aliphatic rings. The quantitative estimate of drug-likeness (QED) is 0.868. The fourth-order valence-corrected chi connectivity index (χ4v) is 2.95. The van der Waals surface area contributed by atoms with Gasteiger partial charge in [0.05, 0.1) is 18.8 Å². The van der Waals surface area contributed by atoms with E-state index in [1.54, 1.807) is 0 Å². The first-order valence-electron chi connectivity index (χ1n) is 6.63. The van der Waals surface area contributed by atoms with Gasteiger partial charge in [0.25, 0.3) is 0 Å². The standard InChI is InChI=1S/C15H20O2/c1-10-8-13(10)14(16)9-15-12-5-3-2-4-11(12)6-7-17-15/h2-5,10,13-16H,6-9H2,1H3. The molecule has 0 saturated heterocycles. The van der Waals surface area contributed by atoms with E-state index in [9.17, 15) is 5.11 Å². The summed E-state index contributed by atoms with van der Waals surface area (Å²) in [5.41, 5.74) is 2.67. The van der Waals surface area contributed by atoms with Crippen LogP contribution in [0.2, 0.25) is 0 Å². The molecule has 4 unspecified atom stereocenters. The molecule has 1 saturated carbocycles. The largest absolute Gasteiger partial charge is 0.393 e. The van der Waals surface area contributed by atoms with Gasteiger partial charge in [-0.3, -0.25) is 0 Å². The zero-order chi connectivity index (χ0) is 11.8. The topological polar surface area (TPSA) is 29.5 Å². The number of rotatable bonds is 3. The Kier molecular flexibility index (Phi) is 2.93. The van der Waals surface area contributed by atoms with E-state index in [1.165, 1.54) is 17.5 Å². The first-order chi connectivity index (χ1) is 8.25. The molecule has 0 radical (unpaired) electrons. The molecule has 0 spiro atoms. The van der Waals surface area contributed by atoms with Crippen molar-refractivity contribution in [3.63, 3.8) is 0 Å². The summed E-state index contributed by atoms with van der Waals surface area (Å²) in [4.78, 5) is 0. The molecule has 1 aromatic rings. The third-order valence-corrected chi connectivity index (χ3v) is 4.21. The Balaban J connectivity index is 1.72. The van der Waals surface area contributed by atoms with E-state index in [4.69, 9.17) is 4.74 Å². The van der Waals surface area contributed by atoms with Crippen molar-refractivity contribution in [2.75, 3.05) is 6.61 Å². The molecule has 1 aliphatic heterocycles. The minimum absolute atomic E-state index is 0.0998. The molecule has 17 heavy (non-hydrogen) atoms. The molecule has 1 aromatic carbocycles. The van der Waals surface area contributed by atoms with Gasteiger partial charge in [0, 0.05) is 6.42 Å². The number of aliphatic hydroxyl groups excluding tert-OH is 1. The molecule has 1 fully saturated rings. The molecule has 2 heteroatoms. The molecule has 0 amide bonds. The normalized spacial score (nSPS) is 32.9. The van der Waals surface area contributed by atoms with Crippen molar-refractivity contribution in [1.29, 1.82) is 0 Å². The van der Waals surface area contributed by atoms with Crippen LogP contribution in [0.1, 0.15) is 37.0 Å². The van der Waals surface area contributed by atoms with Gasteiger partial charge in [-0.25, -0.2) is 0 Å². The Morgan fingerprint density at radius 3 is 2.94 bits per heavy atom. The van der Waals surface area contributed by atoms with Crippen LogP contribution in [-0.2, 0) is 11.2 Å². The summed E-state index contributed by atoms with van der Waals surface area (Å²) >= 11 is 0. The predicted octanol–water partition coefficient (Wildman–Crippen LogP) is 2.71. The number of hydrogen-bond acceptors (Lipinski definition) is 2. The number of fused-ring (bicyclic) bond motifs is 1. The minimum atomic E-state index is -0.193. The molecule has 92 valence electrons. The van der Waals surface area contributed by atoms with Gasteiger partial charge in [0.1, 0.15) is 0 Å². The first-order valence-corrected chi connectivity index (χ1v) is 6.63. The number of benzene rings is 1. The molecule has 0 aromatic heterocycles. The summed E-state index contributed by atoms with van der Waals surface area (Å²) in [5, 5.41) is 10.2. The van der Waals surface area contributed by atoms with Crippen LogP contribution >= 0.6 is 0 Å². The number of ether oxygens (including phenoxy) is 1. The maximum atomic E-state index is 10.2. The van der Waals surface area contributed by atoms with Crippen LogP contribution in [0.5, 0.6) is 0 Å². The van der Waals surface area contributed by atoms with Crippen LogP contribution in [0.25, 0.3) is 0 Å². The van der Waals surface area contributed by atoms with Gasteiger partial charge < -0.3 is 9.84 Å². The smallest absolute Gasteiger partial charge is 0.0852 e. The predicted molar refractivity (Wildman–Crippen MR) is 66.7 cm³/mol. The second-order valence-corrected chi connectivity index (χ2v) is 5.49. The molecule has 1 aliphatic carbocycles. The van der Waals surface area contributed by atoms with Gasteiger partial charge >= 0.3 is 0 Å². The number of aliphatic hydroxyl groups is 1. The summed E-state index contributed by atoms with van der Waals surface area (Å²) in [6.07, 6.45) is 2.84. The second kappa shape index (κ2) is 4.43. The monoisotopic (exact) mass is 232 g/mol. The molecular weight excluding hydrogens is 212 g/mol. The Morgan fingerprint density at radius 2 is 2.18 bits per heavy atom. The SMILES string of the molecule is CC1CC1C(O)CC1OCCc2ccccc21. The number of hydrogen-bond donors (Lipinski definition) is 1. The van der Waals surface area contributed by atoms with E-state index < -0.39 is 0 Å². The van der Waals surface area contributed by atoms with Crippen molar-refractivity contribution in [2.45, 2.75) is 38.4 Å². The van der Waals surface area contributed by atoms with E-state index in [2.05, 4.69) is 31.2 Å². The Hall–Kier alpha value is -0.860. The average Bonchev–Trinajstić information content (AvgIpc) is 3.07. The second-order valence-electron chi connectivity index (χ2n) is 5.49. The molecule has 2 nitrogen and oxygen atoms in total. The summed E-state index contributed by atoms with van der Waals surface area (Å²) in [5.74, 6) is 1.21. The van der Waals surface area contributed by atoms with Crippen LogP contribution in [0, 0.1) is 11.8 Å². The molecule has 1 N–H and O–H groups in total. The Morgan fingerprint density at radius 1 is 1.41 bits per heavy atom. The highest BCUT2D eigenvalue weighted by Gasteiger charge is 2.40. The Labute approximate surface area is 103 Å². The highest BCUT2D eigenvalue weighted by molar-refractivity contribution is 5.31. The summed E-state index contributed by atoms with van der Waals surface area (Å²) in [7, 11) is 0. The first kappa shape index (κ1) is 11.2. The fraction of sp³-hybridized carbons (Fsp3) is 0.600. The third-order valence-electron chi connectivity index (χ3n) is 4.21. The molecule has 4 atom stereocenters. The molecular formula is C15H20O2. The molecule has 0 bridgehead atoms. The average molecular weight is 232 g/mol. The highest BCUT2D eigenvalue weighted by atomic mass is 16.5. The highest BCUT2D eigenvalue weighted by Crippen LogP contribution is 2.44. The lowest BCUT2D eigenvalue weighted by molar-refractivity contribution is -0.00198.